The van der Waals surface area contributed by atoms with E-state index < -0.39 is 11.8 Å². The molecule has 1 N–H and O–H groups in total. The molecule has 0 bridgehead atoms. The van der Waals surface area contributed by atoms with Crippen LogP contribution in [0.15, 0.2) is 18.2 Å². The van der Waals surface area contributed by atoms with Gasteiger partial charge in [-0.25, -0.2) is 9.18 Å². The van der Waals surface area contributed by atoms with Crippen molar-refractivity contribution in [2.45, 2.75) is 26.0 Å². The number of halogens is 1. The molecule has 0 saturated heterocycles. The van der Waals surface area contributed by atoms with Crippen LogP contribution in [-0.2, 0) is 5.75 Å². The van der Waals surface area contributed by atoms with Crippen LogP contribution in [-0.4, -0.2) is 16.8 Å². The van der Waals surface area contributed by atoms with Crippen molar-refractivity contribution < 1.29 is 14.3 Å². The maximum atomic E-state index is 12.9. The molecule has 0 aliphatic carbocycles. The first kappa shape index (κ1) is 14.0. The van der Waals surface area contributed by atoms with Gasteiger partial charge in [0.15, 0.2) is 0 Å². The van der Waals surface area contributed by atoms with Crippen LogP contribution in [0.5, 0.6) is 0 Å². The molecule has 0 spiro atoms. The van der Waals surface area contributed by atoms with Gasteiger partial charge in [-0.1, -0.05) is 26.3 Å². The highest BCUT2D eigenvalue weighted by atomic mass is 32.2. The van der Waals surface area contributed by atoms with Crippen molar-refractivity contribution in [1.82, 2.24) is 0 Å². The summed E-state index contributed by atoms with van der Waals surface area (Å²) in [4.78, 5) is 11.0. The maximum Gasteiger partial charge on any atom is 0.336 e. The second kappa shape index (κ2) is 6.64. The van der Waals surface area contributed by atoms with Gasteiger partial charge in [-0.05, 0) is 29.4 Å². The highest BCUT2D eigenvalue weighted by Crippen LogP contribution is 2.20. The third kappa shape index (κ3) is 4.38. The standard InChI is InChI=1S/C13H17FO2S/c1-3-9(2)7-17-8-10-4-5-11(14)6-12(10)13(15)16/h4-6,9H,3,7-8H2,1-2H3,(H,15,16). The molecular formula is C13H17FO2S. The number of rotatable bonds is 6. The van der Waals surface area contributed by atoms with Crippen LogP contribution in [0.3, 0.4) is 0 Å². The van der Waals surface area contributed by atoms with Gasteiger partial charge in [0, 0.05) is 5.75 Å². The molecule has 0 radical (unpaired) electrons. The number of hydrogen-bond donors (Lipinski definition) is 1. The van der Waals surface area contributed by atoms with Crippen LogP contribution >= 0.6 is 11.8 Å². The quantitative estimate of drug-likeness (QED) is 0.841. The molecule has 1 atom stereocenters. The van der Waals surface area contributed by atoms with Crippen molar-refractivity contribution in [2.24, 2.45) is 5.92 Å². The SMILES string of the molecule is CCC(C)CSCc1ccc(F)cc1C(=O)O. The minimum Gasteiger partial charge on any atom is -0.478 e. The molecule has 4 heteroatoms. The summed E-state index contributed by atoms with van der Waals surface area (Å²) >= 11 is 1.69. The summed E-state index contributed by atoms with van der Waals surface area (Å²) in [5, 5.41) is 8.97. The van der Waals surface area contributed by atoms with E-state index in [-0.39, 0.29) is 5.56 Å². The number of benzene rings is 1. The predicted molar refractivity (Wildman–Crippen MR) is 69.0 cm³/mol. The largest absolute Gasteiger partial charge is 0.478 e. The summed E-state index contributed by atoms with van der Waals surface area (Å²) in [6.07, 6.45) is 1.11. The lowest BCUT2D eigenvalue weighted by atomic mass is 10.1. The number of carboxylic acid groups (broad SMARTS) is 1. The second-order valence-electron chi connectivity index (χ2n) is 4.14. The smallest absolute Gasteiger partial charge is 0.336 e. The van der Waals surface area contributed by atoms with Gasteiger partial charge >= 0.3 is 5.97 Å². The van der Waals surface area contributed by atoms with Crippen LogP contribution in [0.1, 0.15) is 36.2 Å². The Morgan fingerprint density at radius 1 is 1.53 bits per heavy atom. The maximum absolute atomic E-state index is 12.9. The van der Waals surface area contributed by atoms with Gasteiger partial charge in [-0.15, -0.1) is 0 Å². The summed E-state index contributed by atoms with van der Waals surface area (Å²) in [6, 6.07) is 3.95. The summed E-state index contributed by atoms with van der Waals surface area (Å²) in [5.74, 6) is 0.662. The summed E-state index contributed by atoms with van der Waals surface area (Å²) in [6.45, 7) is 4.29. The molecule has 94 valence electrons. The van der Waals surface area contributed by atoms with Crippen molar-refractivity contribution in [1.29, 1.82) is 0 Å². The summed E-state index contributed by atoms with van der Waals surface area (Å²) in [7, 11) is 0. The highest BCUT2D eigenvalue weighted by Gasteiger charge is 2.11. The molecule has 0 fully saturated rings. The monoisotopic (exact) mass is 256 g/mol. The minimum absolute atomic E-state index is 0.0710. The van der Waals surface area contributed by atoms with E-state index in [1.807, 2.05) is 0 Å². The van der Waals surface area contributed by atoms with Crippen molar-refractivity contribution in [3.05, 3.63) is 35.1 Å². The first-order valence-corrected chi connectivity index (χ1v) is 6.79. The average molecular weight is 256 g/mol. The third-order valence-corrected chi connectivity index (χ3v) is 3.98. The lowest BCUT2D eigenvalue weighted by molar-refractivity contribution is 0.0695. The van der Waals surface area contributed by atoms with Crippen LogP contribution < -0.4 is 0 Å². The molecule has 1 rings (SSSR count). The molecule has 2 nitrogen and oxygen atoms in total. The van der Waals surface area contributed by atoms with Gasteiger partial charge in [0.05, 0.1) is 5.56 Å². The van der Waals surface area contributed by atoms with Crippen LogP contribution in [0, 0.1) is 11.7 Å². The Kier molecular flexibility index (Phi) is 5.48. The molecule has 17 heavy (non-hydrogen) atoms. The molecule has 1 aromatic carbocycles. The van der Waals surface area contributed by atoms with E-state index in [9.17, 15) is 9.18 Å². The number of carbonyl (C=O) groups is 1. The topological polar surface area (TPSA) is 37.3 Å². The van der Waals surface area contributed by atoms with Crippen LogP contribution in [0.2, 0.25) is 0 Å². The zero-order valence-electron chi connectivity index (χ0n) is 10.1. The minimum atomic E-state index is -1.07. The molecule has 0 saturated carbocycles. The number of hydrogen-bond acceptors (Lipinski definition) is 2. The number of carboxylic acids is 1. The molecule has 0 heterocycles. The molecule has 1 aromatic rings. The first-order valence-electron chi connectivity index (χ1n) is 5.64. The average Bonchev–Trinajstić information content (AvgIpc) is 2.30. The Hall–Kier alpha value is -1.03. The fourth-order valence-electron chi connectivity index (χ4n) is 1.36. The van der Waals surface area contributed by atoms with Crippen LogP contribution in [0.25, 0.3) is 0 Å². The third-order valence-electron chi connectivity index (χ3n) is 2.66. The Labute approximate surface area is 105 Å². The lowest BCUT2D eigenvalue weighted by Gasteiger charge is -2.09. The lowest BCUT2D eigenvalue weighted by Crippen LogP contribution is -2.03. The Morgan fingerprint density at radius 3 is 2.82 bits per heavy atom. The Bertz CT molecular complexity index is 393. The fraction of sp³-hybridized carbons (Fsp3) is 0.462. The van der Waals surface area contributed by atoms with Crippen LogP contribution in [0.4, 0.5) is 4.39 Å². The summed E-state index contributed by atoms with van der Waals surface area (Å²) < 4.78 is 12.9. The molecule has 0 aliphatic heterocycles. The van der Waals surface area contributed by atoms with Gasteiger partial charge in [0.2, 0.25) is 0 Å². The van der Waals surface area contributed by atoms with E-state index in [0.29, 0.717) is 17.2 Å². The van der Waals surface area contributed by atoms with Gasteiger partial charge in [-0.3, -0.25) is 0 Å². The zero-order chi connectivity index (χ0) is 12.8. The van der Waals surface area contributed by atoms with E-state index in [1.54, 1.807) is 17.8 Å². The molecule has 0 aliphatic rings. The van der Waals surface area contributed by atoms with E-state index in [2.05, 4.69) is 13.8 Å². The molecule has 0 aromatic heterocycles. The number of thioether (sulfide) groups is 1. The Morgan fingerprint density at radius 2 is 2.24 bits per heavy atom. The van der Waals surface area contributed by atoms with Crippen molar-refractivity contribution >= 4 is 17.7 Å². The first-order chi connectivity index (χ1) is 8.04. The van der Waals surface area contributed by atoms with E-state index >= 15 is 0 Å². The van der Waals surface area contributed by atoms with Crippen molar-refractivity contribution in [3.63, 3.8) is 0 Å². The van der Waals surface area contributed by atoms with Crippen molar-refractivity contribution in [3.8, 4) is 0 Å². The van der Waals surface area contributed by atoms with Gasteiger partial charge in [0.25, 0.3) is 0 Å². The molecule has 1 unspecified atom stereocenters. The second-order valence-corrected chi connectivity index (χ2v) is 5.17. The number of aromatic carboxylic acids is 1. The van der Waals surface area contributed by atoms with Crippen molar-refractivity contribution in [2.75, 3.05) is 5.75 Å². The normalized spacial score (nSPS) is 12.4. The predicted octanol–water partition coefficient (Wildman–Crippen LogP) is 3.80. The van der Waals surface area contributed by atoms with Gasteiger partial charge in [-0.2, -0.15) is 11.8 Å². The van der Waals surface area contributed by atoms with Gasteiger partial charge < -0.3 is 5.11 Å². The zero-order valence-corrected chi connectivity index (χ0v) is 10.9. The molecular weight excluding hydrogens is 239 g/mol. The van der Waals surface area contributed by atoms with Gasteiger partial charge in [0.1, 0.15) is 5.82 Å². The fourth-order valence-corrected chi connectivity index (χ4v) is 2.59. The summed E-state index contributed by atoms with van der Waals surface area (Å²) in [5.41, 5.74) is 0.758. The van der Waals surface area contributed by atoms with E-state index in [1.165, 1.54) is 6.07 Å². The van der Waals surface area contributed by atoms with E-state index in [0.717, 1.165) is 18.2 Å². The Balaban J connectivity index is 2.67. The highest BCUT2D eigenvalue weighted by molar-refractivity contribution is 7.98. The molecule has 0 amide bonds. The van der Waals surface area contributed by atoms with E-state index in [4.69, 9.17) is 5.11 Å².